The number of hydrogen-bond donors (Lipinski definition) is 1. The lowest BCUT2D eigenvalue weighted by Gasteiger charge is -2.18. The van der Waals surface area contributed by atoms with Crippen molar-refractivity contribution in [1.82, 2.24) is 0 Å². The van der Waals surface area contributed by atoms with Crippen LogP contribution in [0.1, 0.15) is 25.5 Å². The van der Waals surface area contributed by atoms with E-state index in [1.807, 2.05) is 31.2 Å². The first-order valence-corrected chi connectivity index (χ1v) is 6.94. The summed E-state index contributed by atoms with van der Waals surface area (Å²) in [5.74, 6) is -1.76. The zero-order valence-electron chi connectivity index (χ0n) is 12.7. The molecule has 2 aromatic carbocycles. The zero-order chi connectivity index (χ0) is 16.3. The minimum absolute atomic E-state index is 0.0455. The highest BCUT2D eigenvalue weighted by atomic mass is 19.2. The third-order valence-electron chi connectivity index (χ3n) is 3.55. The smallest absolute Gasteiger partial charge is 0.223 e. The van der Waals surface area contributed by atoms with E-state index in [0.29, 0.717) is 5.56 Å². The van der Waals surface area contributed by atoms with Crippen LogP contribution in [0, 0.1) is 11.6 Å². The SMILES string of the molecule is CC(=O)N(C)c1ccc(N[C@H](C)c2ccc(F)c(F)c2)cc1. The van der Waals surface area contributed by atoms with Crippen molar-refractivity contribution in [2.75, 3.05) is 17.3 Å². The predicted molar refractivity (Wildman–Crippen MR) is 83.9 cm³/mol. The van der Waals surface area contributed by atoms with Crippen molar-refractivity contribution in [3.05, 3.63) is 59.7 Å². The van der Waals surface area contributed by atoms with Crippen LogP contribution >= 0.6 is 0 Å². The van der Waals surface area contributed by atoms with Gasteiger partial charge in [0.1, 0.15) is 0 Å². The van der Waals surface area contributed by atoms with E-state index in [1.165, 1.54) is 13.0 Å². The number of carbonyl (C=O) groups excluding carboxylic acids is 1. The molecule has 22 heavy (non-hydrogen) atoms. The fourth-order valence-electron chi connectivity index (χ4n) is 2.08. The second-order valence-electron chi connectivity index (χ2n) is 5.16. The molecule has 0 heterocycles. The Morgan fingerprint density at radius 3 is 2.27 bits per heavy atom. The molecule has 116 valence electrons. The number of rotatable bonds is 4. The van der Waals surface area contributed by atoms with Gasteiger partial charge in [-0.25, -0.2) is 8.78 Å². The maximum absolute atomic E-state index is 13.3. The Morgan fingerprint density at radius 1 is 1.09 bits per heavy atom. The Bertz CT molecular complexity index is 671. The number of halogens is 2. The summed E-state index contributed by atoms with van der Waals surface area (Å²) in [5.41, 5.74) is 2.28. The van der Waals surface area contributed by atoms with Crippen LogP contribution in [0.4, 0.5) is 20.2 Å². The summed E-state index contributed by atoms with van der Waals surface area (Å²) in [7, 11) is 1.70. The van der Waals surface area contributed by atoms with Crippen molar-refractivity contribution < 1.29 is 13.6 Å². The molecule has 0 saturated carbocycles. The molecule has 5 heteroatoms. The van der Waals surface area contributed by atoms with Gasteiger partial charge in [-0.05, 0) is 48.9 Å². The summed E-state index contributed by atoms with van der Waals surface area (Å²) in [6.45, 7) is 3.36. The van der Waals surface area contributed by atoms with E-state index >= 15 is 0 Å². The number of nitrogens with one attached hydrogen (secondary N) is 1. The molecule has 0 aliphatic rings. The van der Waals surface area contributed by atoms with Gasteiger partial charge in [0, 0.05) is 31.4 Å². The number of nitrogens with zero attached hydrogens (tertiary/aromatic N) is 1. The third kappa shape index (κ3) is 3.61. The molecule has 0 radical (unpaired) electrons. The van der Waals surface area contributed by atoms with E-state index in [9.17, 15) is 13.6 Å². The highest BCUT2D eigenvalue weighted by molar-refractivity contribution is 5.91. The molecule has 1 atom stereocenters. The molecule has 0 fully saturated rings. The molecular weight excluding hydrogens is 286 g/mol. The summed E-state index contributed by atoms with van der Waals surface area (Å²) >= 11 is 0. The Balaban J connectivity index is 2.09. The standard InChI is InChI=1S/C17H18F2N2O/c1-11(13-4-9-16(18)17(19)10-13)20-14-5-7-15(8-6-14)21(3)12(2)22/h4-11,20H,1-3H3/t11-/m1/s1. The van der Waals surface area contributed by atoms with Gasteiger partial charge in [0.15, 0.2) is 11.6 Å². The highest BCUT2D eigenvalue weighted by Crippen LogP contribution is 2.23. The van der Waals surface area contributed by atoms with Crippen molar-refractivity contribution in [2.24, 2.45) is 0 Å². The second-order valence-corrected chi connectivity index (χ2v) is 5.16. The van der Waals surface area contributed by atoms with Crippen LogP contribution in [0.3, 0.4) is 0 Å². The van der Waals surface area contributed by atoms with E-state index in [2.05, 4.69) is 5.32 Å². The van der Waals surface area contributed by atoms with Gasteiger partial charge in [0.05, 0.1) is 0 Å². The molecule has 0 aromatic heterocycles. The molecule has 0 aliphatic heterocycles. The third-order valence-corrected chi connectivity index (χ3v) is 3.55. The maximum atomic E-state index is 13.3. The van der Waals surface area contributed by atoms with Gasteiger partial charge >= 0.3 is 0 Å². The van der Waals surface area contributed by atoms with Crippen LogP contribution in [0.15, 0.2) is 42.5 Å². The normalized spacial score (nSPS) is 11.9. The zero-order valence-corrected chi connectivity index (χ0v) is 12.7. The Hall–Kier alpha value is -2.43. The van der Waals surface area contributed by atoms with Crippen LogP contribution in [0.2, 0.25) is 0 Å². The van der Waals surface area contributed by atoms with Gasteiger partial charge in [-0.15, -0.1) is 0 Å². The topological polar surface area (TPSA) is 32.3 Å². The molecule has 1 amide bonds. The van der Waals surface area contributed by atoms with Gasteiger partial charge in [-0.2, -0.15) is 0 Å². The van der Waals surface area contributed by atoms with E-state index < -0.39 is 11.6 Å². The predicted octanol–water partition coefficient (Wildman–Crippen LogP) is 4.12. The Labute approximate surface area is 128 Å². The Morgan fingerprint density at radius 2 is 1.73 bits per heavy atom. The fourth-order valence-corrected chi connectivity index (χ4v) is 2.08. The molecular formula is C17H18F2N2O. The summed E-state index contributed by atoms with van der Waals surface area (Å²) in [4.78, 5) is 12.8. The van der Waals surface area contributed by atoms with Crippen LogP contribution < -0.4 is 10.2 Å². The molecule has 3 nitrogen and oxygen atoms in total. The largest absolute Gasteiger partial charge is 0.379 e. The molecule has 2 aromatic rings. The van der Waals surface area contributed by atoms with Crippen LogP contribution in [-0.4, -0.2) is 13.0 Å². The number of benzene rings is 2. The molecule has 0 saturated heterocycles. The molecule has 0 aliphatic carbocycles. The lowest BCUT2D eigenvalue weighted by atomic mass is 10.1. The lowest BCUT2D eigenvalue weighted by molar-refractivity contribution is -0.116. The van der Waals surface area contributed by atoms with E-state index in [0.717, 1.165) is 17.4 Å². The molecule has 0 spiro atoms. The number of amides is 1. The average Bonchev–Trinajstić information content (AvgIpc) is 2.50. The van der Waals surface area contributed by atoms with Crippen molar-refractivity contribution in [2.45, 2.75) is 19.9 Å². The first kappa shape index (κ1) is 15.9. The van der Waals surface area contributed by atoms with Gasteiger partial charge in [0.2, 0.25) is 5.91 Å². The molecule has 0 unspecified atom stereocenters. The summed E-state index contributed by atoms with van der Waals surface area (Å²) < 4.78 is 26.2. The van der Waals surface area contributed by atoms with Crippen molar-refractivity contribution in [3.63, 3.8) is 0 Å². The number of carbonyl (C=O) groups is 1. The van der Waals surface area contributed by atoms with Crippen LogP contribution in [0.5, 0.6) is 0 Å². The van der Waals surface area contributed by atoms with Crippen LogP contribution in [-0.2, 0) is 4.79 Å². The van der Waals surface area contributed by atoms with E-state index in [4.69, 9.17) is 0 Å². The van der Waals surface area contributed by atoms with Crippen LogP contribution in [0.25, 0.3) is 0 Å². The summed E-state index contributed by atoms with van der Waals surface area (Å²) in [6, 6.07) is 11.0. The van der Waals surface area contributed by atoms with Crippen molar-refractivity contribution in [1.29, 1.82) is 0 Å². The van der Waals surface area contributed by atoms with Crippen molar-refractivity contribution >= 4 is 17.3 Å². The molecule has 1 N–H and O–H groups in total. The van der Waals surface area contributed by atoms with Crippen molar-refractivity contribution in [3.8, 4) is 0 Å². The van der Waals surface area contributed by atoms with Gasteiger partial charge in [0.25, 0.3) is 0 Å². The average molecular weight is 304 g/mol. The van der Waals surface area contributed by atoms with E-state index in [-0.39, 0.29) is 11.9 Å². The minimum atomic E-state index is -0.857. The first-order valence-electron chi connectivity index (χ1n) is 6.94. The van der Waals surface area contributed by atoms with Gasteiger partial charge in [-0.1, -0.05) is 6.07 Å². The summed E-state index contributed by atoms with van der Waals surface area (Å²) in [5, 5.41) is 3.21. The van der Waals surface area contributed by atoms with Gasteiger partial charge in [-0.3, -0.25) is 4.79 Å². The minimum Gasteiger partial charge on any atom is -0.379 e. The van der Waals surface area contributed by atoms with Gasteiger partial charge < -0.3 is 10.2 Å². The fraction of sp³-hybridized carbons (Fsp3) is 0.235. The molecule has 0 bridgehead atoms. The number of hydrogen-bond acceptors (Lipinski definition) is 2. The highest BCUT2D eigenvalue weighted by Gasteiger charge is 2.10. The monoisotopic (exact) mass is 304 g/mol. The molecule has 2 rings (SSSR count). The summed E-state index contributed by atoms with van der Waals surface area (Å²) in [6.07, 6.45) is 0. The number of anilines is 2. The van der Waals surface area contributed by atoms with E-state index in [1.54, 1.807) is 18.0 Å². The quantitative estimate of drug-likeness (QED) is 0.921. The lowest BCUT2D eigenvalue weighted by Crippen LogP contribution is -2.22. The maximum Gasteiger partial charge on any atom is 0.223 e. The first-order chi connectivity index (χ1) is 10.4. The Kier molecular flexibility index (Phi) is 4.75. The second kappa shape index (κ2) is 6.56.